The molecule has 1 aliphatic heterocycles. The van der Waals surface area contributed by atoms with Gasteiger partial charge in [0.2, 0.25) is 11.8 Å². The van der Waals surface area contributed by atoms with E-state index in [4.69, 9.17) is 4.74 Å². The fraction of sp³-hybridized carbons (Fsp3) is 0.0370. The van der Waals surface area contributed by atoms with Gasteiger partial charge in [-0.25, -0.2) is 4.98 Å². The number of para-hydroxylation sites is 3. The third-order valence-electron chi connectivity index (χ3n) is 5.38. The molecule has 4 aromatic rings. The molecule has 0 aliphatic carbocycles. The average Bonchev–Trinajstić information content (AvgIpc) is 2.89. The number of amides is 3. The third-order valence-corrected chi connectivity index (χ3v) is 5.38. The maximum atomic E-state index is 13.1. The lowest BCUT2D eigenvalue weighted by Gasteiger charge is -2.29. The lowest BCUT2D eigenvalue weighted by Crippen LogP contribution is -2.42. The monoisotopic (exact) mass is 464 g/mol. The summed E-state index contributed by atoms with van der Waals surface area (Å²) in [5.41, 5.74) is 2.38. The predicted molar refractivity (Wildman–Crippen MR) is 132 cm³/mol. The molecule has 5 rings (SSSR count). The van der Waals surface area contributed by atoms with Crippen LogP contribution in [0.1, 0.15) is 20.7 Å². The number of hydrogen-bond acceptors (Lipinski definition) is 5. The van der Waals surface area contributed by atoms with Crippen LogP contribution in [0.4, 0.5) is 17.1 Å². The quantitative estimate of drug-likeness (QED) is 0.445. The molecular weight excluding hydrogens is 444 g/mol. The molecule has 0 saturated carbocycles. The highest BCUT2D eigenvalue weighted by Crippen LogP contribution is 2.30. The SMILES string of the molecule is O=C1CN(C(=O)c2ccc(NC(=O)c3cccnc3Oc3ccccc3)cc2)c2ccccc2N1. The van der Waals surface area contributed by atoms with Gasteiger partial charge in [0, 0.05) is 17.4 Å². The number of benzene rings is 3. The van der Waals surface area contributed by atoms with Crippen LogP contribution in [-0.4, -0.2) is 29.3 Å². The van der Waals surface area contributed by atoms with Gasteiger partial charge in [-0.2, -0.15) is 0 Å². The molecule has 35 heavy (non-hydrogen) atoms. The van der Waals surface area contributed by atoms with Gasteiger partial charge in [0.1, 0.15) is 17.9 Å². The first-order valence-corrected chi connectivity index (χ1v) is 10.9. The summed E-state index contributed by atoms with van der Waals surface area (Å²) in [5, 5.41) is 5.57. The van der Waals surface area contributed by atoms with Crippen LogP contribution in [0.2, 0.25) is 0 Å². The zero-order chi connectivity index (χ0) is 24.2. The molecule has 2 N–H and O–H groups in total. The Morgan fingerprint density at radius 1 is 0.886 bits per heavy atom. The summed E-state index contributed by atoms with van der Waals surface area (Å²) in [6.07, 6.45) is 1.55. The van der Waals surface area contributed by atoms with Crippen LogP contribution < -0.4 is 20.3 Å². The predicted octanol–water partition coefficient (Wildman–Crippen LogP) is 4.73. The number of ether oxygens (including phenoxy) is 1. The fourth-order valence-electron chi connectivity index (χ4n) is 3.71. The molecule has 3 aromatic carbocycles. The molecule has 172 valence electrons. The summed E-state index contributed by atoms with van der Waals surface area (Å²) in [7, 11) is 0. The van der Waals surface area contributed by atoms with Crippen molar-refractivity contribution >= 4 is 34.8 Å². The van der Waals surface area contributed by atoms with E-state index in [1.165, 1.54) is 4.90 Å². The van der Waals surface area contributed by atoms with Crippen molar-refractivity contribution < 1.29 is 19.1 Å². The van der Waals surface area contributed by atoms with Crippen LogP contribution in [0, 0.1) is 0 Å². The molecular formula is C27H20N4O4. The first-order chi connectivity index (χ1) is 17.1. The minimum absolute atomic E-state index is 0.0699. The van der Waals surface area contributed by atoms with Gasteiger partial charge >= 0.3 is 0 Å². The number of aromatic nitrogens is 1. The van der Waals surface area contributed by atoms with Crippen molar-refractivity contribution in [2.45, 2.75) is 0 Å². The fourth-order valence-corrected chi connectivity index (χ4v) is 3.71. The number of fused-ring (bicyclic) bond motifs is 1. The maximum absolute atomic E-state index is 13.1. The third kappa shape index (κ3) is 4.72. The Kier molecular flexibility index (Phi) is 5.92. The Labute approximate surface area is 201 Å². The van der Waals surface area contributed by atoms with E-state index in [1.807, 2.05) is 24.3 Å². The molecule has 2 heterocycles. The van der Waals surface area contributed by atoms with Gasteiger partial charge in [0.15, 0.2) is 0 Å². The summed E-state index contributed by atoms with van der Waals surface area (Å²) < 4.78 is 5.77. The van der Waals surface area contributed by atoms with Gasteiger partial charge in [0.25, 0.3) is 11.8 Å². The van der Waals surface area contributed by atoms with Crippen molar-refractivity contribution in [1.29, 1.82) is 0 Å². The number of carbonyl (C=O) groups excluding carboxylic acids is 3. The normalized spacial score (nSPS) is 12.3. The van der Waals surface area contributed by atoms with Crippen molar-refractivity contribution in [2.75, 3.05) is 22.1 Å². The maximum Gasteiger partial charge on any atom is 0.261 e. The molecule has 0 saturated heterocycles. The average molecular weight is 464 g/mol. The Morgan fingerprint density at radius 3 is 2.43 bits per heavy atom. The molecule has 0 spiro atoms. The lowest BCUT2D eigenvalue weighted by molar-refractivity contribution is -0.115. The topological polar surface area (TPSA) is 101 Å². The molecule has 1 aliphatic rings. The van der Waals surface area contributed by atoms with Crippen molar-refractivity contribution in [1.82, 2.24) is 4.98 Å². The highest BCUT2D eigenvalue weighted by Gasteiger charge is 2.27. The van der Waals surface area contributed by atoms with Crippen molar-refractivity contribution in [3.8, 4) is 11.6 Å². The van der Waals surface area contributed by atoms with Crippen LogP contribution in [0.3, 0.4) is 0 Å². The Balaban J connectivity index is 1.31. The second kappa shape index (κ2) is 9.48. The minimum Gasteiger partial charge on any atom is -0.438 e. The number of rotatable bonds is 5. The highest BCUT2D eigenvalue weighted by atomic mass is 16.5. The molecule has 8 nitrogen and oxygen atoms in total. The van der Waals surface area contributed by atoms with Crippen molar-refractivity contribution in [3.63, 3.8) is 0 Å². The summed E-state index contributed by atoms with van der Waals surface area (Å²) in [6, 6.07) is 26.0. The van der Waals surface area contributed by atoms with Gasteiger partial charge in [-0.05, 0) is 60.7 Å². The zero-order valence-electron chi connectivity index (χ0n) is 18.5. The van der Waals surface area contributed by atoms with Crippen molar-refractivity contribution in [3.05, 3.63) is 108 Å². The Morgan fingerprint density at radius 2 is 1.63 bits per heavy atom. The van der Waals surface area contributed by atoms with Crippen LogP contribution in [0.15, 0.2) is 97.2 Å². The number of nitrogens with one attached hydrogen (secondary N) is 2. The van der Waals surface area contributed by atoms with E-state index in [0.29, 0.717) is 28.4 Å². The molecule has 0 bridgehead atoms. The molecule has 0 radical (unpaired) electrons. The number of hydrogen-bond donors (Lipinski definition) is 2. The number of nitrogens with zero attached hydrogens (tertiary/aromatic N) is 2. The second-order valence-corrected chi connectivity index (χ2v) is 7.76. The van der Waals surface area contributed by atoms with Gasteiger partial charge in [-0.3, -0.25) is 19.3 Å². The summed E-state index contributed by atoms with van der Waals surface area (Å²) in [6.45, 7) is -0.0699. The molecule has 0 unspecified atom stereocenters. The van der Waals surface area contributed by atoms with Crippen LogP contribution in [0.5, 0.6) is 11.6 Å². The van der Waals surface area contributed by atoms with E-state index in [9.17, 15) is 14.4 Å². The lowest BCUT2D eigenvalue weighted by atomic mass is 10.1. The van der Waals surface area contributed by atoms with Gasteiger partial charge in [-0.1, -0.05) is 30.3 Å². The van der Waals surface area contributed by atoms with Gasteiger partial charge in [-0.15, -0.1) is 0 Å². The molecule has 8 heteroatoms. The minimum atomic E-state index is -0.398. The van der Waals surface area contributed by atoms with Gasteiger partial charge in [0.05, 0.1) is 11.4 Å². The van der Waals surface area contributed by atoms with Crippen LogP contribution >= 0.6 is 0 Å². The molecule has 3 amide bonds. The second-order valence-electron chi connectivity index (χ2n) is 7.76. The van der Waals surface area contributed by atoms with Gasteiger partial charge < -0.3 is 15.4 Å². The molecule has 0 fully saturated rings. The van der Waals surface area contributed by atoms with Crippen molar-refractivity contribution in [2.24, 2.45) is 0 Å². The van der Waals surface area contributed by atoms with E-state index >= 15 is 0 Å². The molecule has 0 atom stereocenters. The van der Waals surface area contributed by atoms with E-state index in [1.54, 1.807) is 72.9 Å². The highest BCUT2D eigenvalue weighted by molar-refractivity contribution is 6.15. The Bertz CT molecular complexity index is 1400. The van der Waals surface area contributed by atoms with E-state index in [2.05, 4.69) is 15.6 Å². The van der Waals surface area contributed by atoms with Crippen LogP contribution in [0.25, 0.3) is 0 Å². The number of pyridine rings is 1. The largest absolute Gasteiger partial charge is 0.438 e. The first-order valence-electron chi connectivity index (χ1n) is 10.9. The number of anilines is 3. The van der Waals surface area contributed by atoms with Crippen LogP contribution in [-0.2, 0) is 4.79 Å². The van der Waals surface area contributed by atoms with E-state index in [-0.39, 0.29) is 29.8 Å². The summed E-state index contributed by atoms with van der Waals surface area (Å²) >= 11 is 0. The molecule has 1 aromatic heterocycles. The summed E-state index contributed by atoms with van der Waals surface area (Å²) in [4.78, 5) is 43.7. The summed E-state index contributed by atoms with van der Waals surface area (Å²) in [5.74, 6) is -0.215. The number of carbonyl (C=O) groups is 3. The van der Waals surface area contributed by atoms with E-state index < -0.39 is 5.91 Å². The Hall–Kier alpha value is -4.98. The first kappa shape index (κ1) is 21.8. The standard InChI is InChI=1S/C27H20N4O4/c32-24-17-31(23-11-5-4-10-22(23)30-24)27(34)18-12-14-19(15-13-18)29-25(33)21-9-6-16-28-26(21)35-20-7-2-1-3-8-20/h1-16H,17H2,(H,29,33)(H,30,32). The smallest absolute Gasteiger partial charge is 0.261 e. The van der Waals surface area contributed by atoms with E-state index in [0.717, 1.165) is 0 Å². The zero-order valence-corrected chi connectivity index (χ0v) is 18.5.